The van der Waals surface area contributed by atoms with Crippen molar-refractivity contribution in [3.8, 4) is 5.69 Å². The third-order valence-corrected chi connectivity index (χ3v) is 6.83. The molecule has 1 aliphatic carbocycles. The van der Waals surface area contributed by atoms with E-state index < -0.39 is 5.66 Å². The zero-order valence-electron chi connectivity index (χ0n) is 18.8. The van der Waals surface area contributed by atoms with Crippen LogP contribution in [0.25, 0.3) is 16.7 Å². The average Bonchev–Trinajstić information content (AvgIpc) is 3.21. The van der Waals surface area contributed by atoms with Gasteiger partial charge in [-0.1, -0.05) is 43.5 Å². The predicted molar refractivity (Wildman–Crippen MR) is 134 cm³/mol. The molecule has 1 aromatic heterocycles. The molecule has 1 saturated carbocycles. The van der Waals surface area contributed by atoms with Gasteiger partial charge in [-0.05, 0) is 68.4 Å². The molecule has 0 unspecified atom stereocenters. The van der Waals surface area contributed by atoms with Gasteiger partial charge in [-0.25, -0.2) is 4.99 Å². The number of aromatic nitrogens is 3. The molecule has 1 aliphatic heterocycles. The highest BCUT2D eigenvalue weighted by Gasteiger charge is 2.43. The Balaban J connectivity index is 1.52. The SMILES string of the molecule is CCCCc1ccc(-n2nc3cc(Cl)c(N4C(N)=NC(N)=NC45CCCCC5)cc3n2)cc1. The number of anilines is 1. The van der Waals surface area contributed by atoms with E-state index in [1.54, 1.807) is 4.80 Å². The fourth-order valence-corrected chi connectivity index (χ4v) is 5.10. The van der Waals surface area contributed by atoms with E-state index in [2.05, 4.69) is 41.3 Å². The Morgan fingerprint density at radius 1 is 1.00 bits per heavy atom. The minimum Gasteiger partial charge on any atom is -0.369 e. The Hall–Kier alpha value is -3.13. The summed E-state index contributed by atoms with van der Waals surface area (Å²) in [7, 11) is 0. The van der Waals surface area contributed by atoms with Gasteiger partial charge < -0.3 is 11.5 Å². The van der Waals surface area contributed by atoms with Crippen molar-refractivity contribution in [3.63, 3.8) is 0 Å². The summed E-state index contributed by atoms with van der Waals surface area (Å²) in [5, 5.41) is 9.91. The minimum atomic E-state index is -0.560. The molecule has 9 heteroatoms. The summed E-state index contributed by atoms with van der Waals surface area (Å²) in [5.74, 6) is 0.525. The van der Waals surface area contributed by atoms with Crippen LogP contribution >= 0.6 is 11.6 Å². The van der Waals surface area contributed by atoms with Crippen molar-refractivity contribution >= 4 is 40.2 Å². The molecule has 3 aromatic rings. The lowest BCUT2D eigenvalue weighted by Gasteiger charge is -2.45. The first-order valence-electron chi connectivity index (χ1n) is 11.6. The summed E-state index contributed by atoms with van der Waals surface area (Å²) >= 11 is 6.76. The van der Waals surface area contributed by atoms with Crippen LogP contribution in [-0.2, 0) is 6.42 Å². The van der Waals surface area contributed by atoms with Gasteiger partial charge in [0.25, 0.3) is 0 Å². The summed E-state index contributed by atoms with van der Waals surface area (Å²) in [4.78, 5) is 12.6. The van der Waals surface area contributed by atoms with Gasteiger partial charge in [0.2, 0.25) is 11.9 Å². The number of rotatable bonds is 5. The van der Waals surface area contributed by atoms with Gasteiger partial charge in [0, 0.05) is 0 Å². The second-order valence-corrected chi connectivity index (χ2v) is 9.28. The number of halogens is 1. The van der Waals surface area contributed by atoms with Gasteiger partial charge in [-0.3, -0.25) is 4.90 Å². The highest BCUT2D eigenvalue weighted by Crippen LogP contribution is 2.42. The number of hydrogen-bond donors (Lipinski definition) is 2. The summed E-state index contributed by atoms with van der Waals surface area (Å²) in [5.41, 5.74) is 16.2. The lowest BCUT2D eigenvalue weighted by atomic mass is 9.87. The predicted octanol–water partition coefficient (Wildman–Crippen LogP) is 4.53. The van der Waals surface area contributed by atoms with Gasteiger partial charge in [-0.2, -0.15) is 9.79 Å². The van der Waals surface area contributed by atoms with Crippen molar-refractivity contribution in [1.82, 2.24) is 15.0 Å². The van der Waals surface area contributed by atoms with Gasteiger partial charge >= 0.3 is 0 Å². The van der Waals surface area contributed by atoms with Crippen LogP contribution in [0.15, 0.2) is 46.4 Å². The molecule has 5 rings (SSSR count). The molecular weight excluding hydrogens is 436 g/mol. The molecule has 0 saturated heterocycles. The summed E-state index contributed by atoms with van der Waals surface area (Å²) in [6.07, 6.45) is 8.39. The Bertz CT molecular complexity index is 1220. The number of aliphatic imine (C=N–C) groups is 2. The van der Waals surface area contributed by atoms with Crippen molar-refractivity contribution in [3.05, 3.63) is 47.0 Å². The zero-order chi connectivity index (χ0) is 23.0. The molecular formula is C24H29ClN8. The fourth-order valence-electron chi connectivity index (χ4n) is 4.86. The maximum Gasteiger partial charge on any atom is 0.220 e. The Morgan fingerprint density at radius 2 is 1.70 bits per heavy atom. The van der Waals surface area contributed by atoms with E-state index in [-0.39, 0.29) is 5.96 Å². The van der Waals surface area contributed by atoms with Crippen molar-refractivity contribution in [1.29, 1.82) is 0 Å². The molecule has 0 bridgehead atoms. The topological polar surface area (TPSA) is 111 Å². The molecule has 1 spiro atoms. The van der Waals surface area contributed by atoms with E-state index in [1.165, 1.54) is 24.8 Å². The highest BCUT2D eigenvalue weighted by molar-refractivity contribution is 6.34. The van der Waals surface area contributed by atoms with Gasteiger partial charge in [0.15, 0.2) is 0 Å². The molecule has 0 amide bonds. The quantitative estimate of drug-likeness (QED) is 0.576. The molecule has 8 nitrogen and oxygen atoms in total. The van der Waals surface area contributed by atoms with E-state index >= 15 is 0 Å². The Labute approximate surface area is 198 Å². The van der Waals surface area contributed by atoms with Crippen LogP contribution in [-0.4, -0.2) is 32.6 Å². The number of nitrogens with two attached hydrogens (primary N) is 2. The number of unbranched alkanes of at least 4 members (excludes halogenated alkanes) is 1. The maximum absolute atomic E-state index is 6.76. The van der Waals surface area contributed by atoms with E-state index in [0.29, 0.717) is 16.5 Å². The third-order valence-electron chi connectivity index (χ3n) is 6.53. The number of guanidine groups is 2. The van der Waals surface area contributed by atoms with E-state index in [0.717, 1.165) is 49.0 Å². The number of hydrogen-bond acceptors (Lipinski definition) is 7. The molecule has 33 heavy (non-hydrogen) atoms. The fraction of sp³-hybridized carbons (Fsp3) is 0.417. The lowest BCUT2D eigenvalue weighted by Crippen LogP contribution is -2.58. The number of fused-ring (bicyclic) bond motifs is 1. The second-order valence-electron chi connectivity index (χ2n) is 8.87. The van der Waals surface area contributed by atoms with Crippen LogP contribution in [0.5, 0.6) is 0 Å². The monoisotopic (exact) mass is 464 g/mol. The third kappa shape index (κ3) is 4.04. The zero-order valence-corrected chi connectivity index (χ0v) is 19.6. The molecule has 0 radical (unpaired) electrons. The number of benzene rings is 2. The first kappa shape index (κ1) is 21.7. The minimum absolute atomic E-state index is 0.219. The van der Waals surface area contributed by atoms with Crippen molar-refractivity contribution in [2.75, 3.05) is 4.90 Å². The number of nitrogens with zero attached hydrogens (tertiary/aromatic N) is 6. The van der Waals surface area contributed by atoms with Gasteiger partial charge in [-0.15, -0.1) is 10.2 Å². The average molecular weight is 465 g/mol. The summed E-state index contributed by atoms with van der Waals surface area (Å²) in [6.45, 7) is 2.20. The molecule has 2 heterocycles. The first-order chi connectivity index (χ1) is 16.0. The van der Waals surface area contributed by atoms with Crippen LogP contribution in [0.2, 0.25) is 5.02 Å². The van der Waals surface area contributed by atoms with Crippen LogP contribution in [0.3, 0.4) is 0 Å². The molecule has 2 aromatic carbocycles. The van der Waals surface area contributed by atoms with Crippen molar-refractivity contribution in [2.24, 2.45) is 21.5 Å². The van der Waals surface area contributed by atoms with E-state index in [4.69, 9.17) is 33.2 Å². The highest BCUT2D eigenvalue weighted by atomic mass is 35.5. The van der Waals surface area contributed by atoms with Crippen LogP contribution in [0.1, 0.15) is 57.4 Å². The van der Waals surface area contributed by atoms with Crippen molar-refractivity contribution < 1.29 is 0 Å². The normalized spacial score (nSPS) is 17.9. The molecule has 172 valence electrons. The molecule has 1 fully saturated rings. The Kier molecular flexibility index (Phi) is 5.70. The standard InChI is InChI=1S/C24H29ClN8/c1-2-3-7-16-8-10-17(11-9-16)33-30-19-14-18(25)21(15-20(19)31-33)32-23(27)28-22(26)29-24(32)12-5-4-6-13-24/h8-11,14-15H,2-7,12-13H2,1H3,(H4,26,27,28,29). The first-order valence-corrected chi connectivity index (χ1v) is 12.0. The van der Waals surface area contributed by atoms with Crippen LogP contribution < -0.4 is 16.4 Å². The lowest BCUT2D eigenvalue weighted by molar-refractivity contribution is 0.305. The maximum atomic E-state index is 6.76. The van der Waals surface area contributed by atoms with Crippen LogP contribution in [0.4, 0.5) is 5.69 Å². The van der Waals surface area contributed by atoms with Gasteiger partial charge in [0.05, 0.1) is 16.4 Å². The summed E-state index contributed by atoms with van der Waals surface area (Å²) < 4.78 is 0. The van der Waals surface area contributed by atoms with E-state index in [9.17, 15) is 0 Å². The van der Waals surface area contributed by atoms with Gasteiger partial charge in [0.1, 0.15) is 16.7 Å². The molecule has 0 atom stereocenters. The van der Waals surface area contributed by atoms with E-state index in [1.807, 2.05) is 17.0 Å². The molecule has 2 aliphatic rings. The summed E-state index contributed by atoms with van der Waals surface area (Å²) in [6, 6.07) is 12.1. The Morgan fingerprint density at radius 3 is 2.39 bits per heavy atom. The molecule has 4 N–H and O–H groups in total. The smallest absolute Gasteiger partial charge is 0.220 e. The van der Waals surface area contributed by atoms with Crippen LogP contribution in [0, 0.1) is 0 Å². The van der Waals surface area contributed by atoms with Crippen molar-refractivity contribution in [2.45, 2.75) is 64.0 Å². The second kappa shape index (κ2) is 8.67. The largest absolute Gasteiger partial charge is 0.369 e. The number of aryl methyl sites for hydroxylation is 1.